The zero-order chi connectivity index (χ0) is 13.9. The van der Waals surface area contributed by atoms with Crippen LogP contribution in [-0.2, 0) is 4.74 Å². The summed E-state index contributed by atoms with van der Waals surface area (Å²) in [5.41, 5.74) is 1.00. The molecule has 0 aliphatic carbocycles. The third-order valence-electron chi connectivity index (χ3n) is 2.71. The summed E-state index contributed by atoms with van der Waals surface area (Å²) < 4.78 is 9.99. The standard InChI is InChI=1S/C12H15NO5/c1-5-18-12(14)9-6-10(13(15)16)7(2)8(3)11(9)17-4/h6H,5H2,1-4H3. The van der Waals surface area contributed by atoms with Crippen LogP contribution in [-0.4, -0.2) is 24.6 Å². The van der Waals surface area contributed by atoms with Crippen molar-refractivity contribution in [2.75, 3.05) is 13.7 Å². The summed E-state index contributed by atoms with van der Waals surface area (Å²) in [4.78, 5) is 22.1. The van der Waals surface area contributed by atoms with Crippen molar-refractivity contribution in [3.05, 3.63) is 32.9 Å². The van der Waals surface area contributed by atoms with Crippen LogP contribution >= 0.6 is 0 Å². The number of hydrogen-bond donors (Lipinski definition) is 0. The van der Waals surface area contributed by atoms with Gasteiger partial charge in [0.05, 0.1) is 18.6 Å². The normalized spacial score (nSPS) is 10.0. The van der Waals surface area contributed by atoms with Gasteiger partial charge in [0.2, 0.25) is 0 Å². The Morgan fingerprint density at radius 3 is 2.44 bits per heavy atom. The Kier molecular flexibility index (Phi) is 4.25. The van der Waals surface area contributed by atoms with Crippen molar-refractivity contribution in [2.24, 2.45) is 0 Å². The van der Waals surface area contributed by atoms with Gasteiger partial charge in [0.25, 0.3) is 5.69 Å². The van der Waals surface area contributed by atoms with Crippen LogP contribution in [0.25, 0.3) is 0 Å². The maximum absolute atomic E-state index is 11.7. The lowest BCUT2D eigenvalue weighted by atomic mass is 10.0. The summed E-state index contributed by atoms with van der Waals surface area (Å²) in [6.45, 7) is 5.15. The van der Waals surface area contributed by atoms with E-state index in [2.05, 4.69) is 0 Å². The highest BCUT2D eigenvalue weighted by Crippen LogP contribution is 2.33. The first-order valence-corrected chi connectivity index (χ1v) is 5.43. The number of benzene rings is 1. The molecule has 1 aromatic rings. The molecule has 0 atom stereocenters. The predicted octanol–water partition coefficient (Wildman–Crippen LogP) is 2.40. The van der Waals surface area contributed by atoms with E-state index in [1.165, 1.54) is 13.2 Å². The highest BCUT2D eigenvalue weighted by Gasteiger charge is 2.24. The Morgan fingerprint density at radius 2 is 2.00 bits per heavy atom. The molecule has 0 fully saturated rings. The van der Waals surface area contributed by atoms with Gasteiger partial charge in [-0.05, 0) is 20.8 Å². The SMILES string of the molecule is CCOC(=O)c1cc([N+](=O)[O-])c(C)c(C)c1OC. The minimum absolute atomic E-state index is 0.0779. The van der Waals surface area contributed by atoms with Crippen LogP contribution in [0.15, 0.2) is 6.07 Å². The lowest BCUT2D eigenvalue weighted by Crippen LogP contribution is -2.10. The van der Waals surface area contributed by atoms with E-state index in [-0.39, 0.29) is 17.9 Å². The molecule has 0 bridgehead atoms. The van der Waals surface area contributed by atoms with E-state index < -0.39 is 10.9 Å². The molecule has 98 valence electrons. The first kappa shape index (κ1) is 14.0. The van der Waals surface area contributed by atoms with E-state index >= 15 is 0 Å². The van der Waals surface area contributed by atoms with E-state index in [9.17, 15) is 14.9 Å². The van der Waals surface area contributed by atoms with Gasteiger partial charge in [-0.1, -0.05) is 0 Å². The number of rotatable bonds is 4. The average molecular weight is 253 g/mol. The highest BCUT2D eigenvalue weighted by molar-refractivity contribution is 5.94. The van der Waals surface area contributed by atoms with Gasteiger partial charge < -0.3 is 9.47 Å². The average Bonchev–Trinajstić information content (AvgIpc) is 2.32. The summed E-state index contributed by atoms with van der Waals surface area (Å²) >= 11 is 0. The molecule has 0 heterocycles. The van der Waals surface area contributed by atoms with Gasteiger partial charge in [0.15, 0.2) is 0 Å². The largest absolute Gasteiger partial charge is 0.496 e. The second-order valence-electron chi connectivity index (χ2n) is 3.70. The quantitative estimate of drug-likeness (QED) is 0.467. The molecule has 1 aromatic carbocycles. The van der Waals surface area contributed by atoms with Crippen molar-refractivity contribution in [3.63, 3.8) is 0 Å². The van der Waals surface area contributed by atoms with E-state index in [0.29, 0.717) is 16.9 Å². The number of carbonyl (C=O) groups excluding carboxylic acids is 1. The van der Waals surface area contributed by atoms with E-state index in [4.69, 9.17) is 9.47 Å². The molecule has 0 aliphatic rings. The summed E-state index contributed by atoms with van der Waals surface area (Å²) in [5, 5.41) is 10.9. The number of esters is 1. The molecule has 0 spiro atoms. The molecular formula is C12H15NO5. The zero-order valence-electron chi connectivity index (χ0n) is 10.8. The smallest absolute Gasteiger partial charge is 0.342 e. The number of nitro groups is 1. The fraction of sp³-hybridized carbons (Fsp3) is 0.417. The van der Waals surface area contributed by atoms with Crippen LogP contribution < -0.4 is 4.74 Å². The molecule has 6 nitrogen and oxygen atoms in total. The van der Waals surface area contributed by atoms with Gasteiger partial charge in [0, 0.05) is 17.2 Å². The molecule has 0 radical (unpaired) electrons. The molecular weight excluding hydrogens is 238 g/mol. The van der Waals surface area contributed by atoms with Crippen LogP contribution in [0.1, 0.15) is 28.4 Å². The molecule has 0 saturated carbocycles. The van der Waals surface area contributed by atoms with Crippen molar-refractivity contribution >= 4 is 11.7 Å². The number of hydrogen-bond acceptors (Lipinski definition) is 5. The fourth-order valence-corrected chi connectivity index (χ4v) is 1.69. The summed E-state index contributed by atoms with van der Waals surface area (Å²) in [6.07, 6.45) is 0. The Morgan fingerprint density at radius 1 is 1.39 bits per heavy atom. The summed E-state index contributed by atoms with van der Waals surface area (Å²) in [5.74, 6) is -0.308. The second kappa shape index (κ2) is 5.48. The molecule has 0 aromatic heterocycles. The van der Waals surface area contributed by atoms with Gasteiger partial charge in [-0.3, -0.25) is 10.1 Å². The van der Waals surface area contributed by atoms with Gasteiger partial charge >= 0.3 is 5.97 Å². The Hall–Kier alpha value is -2.11. The molecule has 0 aliphatic heterocycles. The van der Waals surface area contributed by atoms with Crippen LogP contribution in [0.3, 0.4) is 0 Å². The summed E-state index contributed by atoms with van der Waals surface area (Å²) in [7, 11) is 1.41. The lowest BCUT2D eigenvalue weighted by Gasteiger charge is -2.12. The van der Waals surface area contributed by atoms with Crippen molar-refractivity contribution in [2.45, 2.75) is 20.8 Å². The molecule has 6 heteroatoms. The van der Waals surface area contributed by atoms with Crippen LogP contribution in [0.5, 0.6) is 5.75 Å². The third-order valence-corrected chi connectivity index (χ3v) is 2.71. The first-order chi connectivity index (χ1) is 8.43. The molecule has 0 N–H and O–H groups in total. The third kappa shape index (κ3) is 2.42. The zero-order valence-corrected chi connectivity index (χ0v) is 10.8. The monoisotopic (exact) mass is 253 g/mol. The van der Waals surface area contributed by atoms with Gasteiger partial charge in [0.1, 0.15) is 11.3 Å². The predicted molar refractivity (Wildman–Crippen MR) is 65.1 cm³/mol. The highest BCUT2D eigenvalue weighted by atomic mass is 16.6. The molecule has 0 amide bonds. The van der Waals surface area contributed by atoms with Crippen molar-refractivity contribution in [3.8, 4) is 5.75 Å². The minimum atomic E-state index is -0.624. The Bertz CT molecular complexity index is 496. The Labute approximate surface area is 105 Å². The topological polar surface area (TPSA) is 78.7 Å². The van der Waals surface area contributed by atoms with Crippen molar-refractivity contribution in [1.82, 2.24) is 0 Å². The van der Waals surface area contributed by atoms with Crippen LogP contribution in [0, 0.1) is 24.0 Å². The maximum Gasteiger partial charge on any atom is 0.342 e. The van der Waals surface area contributed by atoms with Gasteiger partial charge in [-0.15, -0.1) is 0 Å². The van der Waals surface area contributed by atoms with Gasteiger partial charge in [-0.25, -0.2) is 4.79 Å². The fourth-order valence-electron chi connectivity index (χ4n) is 1.69. The molecule has 0 saturated heterocycles. The minimum Gasteiger partial charge on any atom is -0.496 e. The van der Waals surface area contributed by atoms with E-state index in [1.54, 1.807) is 20.8 Å². The number of carbonyl (C=O) groups is 1. The summed E-state index contributed by atoms with van der Waals surface area (Å²) in [6, 6.07) is 1.19. The molecule has 0 unspecified atom stereocenters. The van der Waals surface area contributed by atoms with Crippen LogP contribution in [0.2, 0.25) is 0 Å². The number of nitrogens with zero attached hydrogens (tertiary/aromatic N) is 1. The van der Waals surface area contributed by atoms with E-state index in [0.717, 1.165) is 0 Å². The first-order valence-electron chi connectivity index (χ1n) is 5.43. The Balaban J connectivity index is 3.49. The number of methoxy groups -OCH3 is 1. The number of nitro benzene ring substituents is 1. The number of ether oxygens (including phenoxy) is 2. The van der Waals surface area contributed by atoms with E-state index in [1.807, 2.05) is 0 Å². The van der Waals surface area contributed by atoms with Crippen molar-refractivity contribution < 1.29 is 19.2 Å². The second-order valence-corrected chi connectivity index (χ2v) is 3.70. The molecule has 1 rings (SSSR count). The van der Waals surface area contributed by atoms with Crippen molar-refractivity contribution in [1.29, 1.82) is 0 Å². The van der Waals surface area contributed by atoms with Gasteiger partial charge in [-0.2, -0.15) is 0 Å². The maximum atomic E-state index is 11.7. The lowest BCUT2D eigenvalue weighted by molar-refractivity contribution is -0.385. The molecule has 18 heavy (non-hydrogen) atoms. The van der Waals surface area contributed by atoms with Crippen LogP contribution in [0.4, 0.5) is 5.69 Å².